The van der Waals surface area contributed by atoms with Gasteiger partial charge in [-0.05, 0) is 25.0 Å². The van der Waals surface area contributed by atoms with Gasteiger partial charge in [0, 0.05) is 6.54 Å². The van der Waals surface area contributed by atoms with E-state index in [1.54, 1.807) is 29.2 Å². The van der Waals surface area contributed by atoms with Crippen LogP contribution in [0.3, 0.4) is 0 Å². The van der Waals surface area contributed by atoms with E-state index in [1.165, 1.54) is 11.2 Å². The van der Waals surface area contributed by atoms with E-state index in [4.69, 9.17) is 0 Å². The zero-order chi connectivity index (χ0) is 17.4. The van der Waals surface area contributed by atoms with Crippen molar-refractivity contribution in [2.45, 2.75) is 18.9 Å². The maximum absolute atomic E-state index is 13.0. The number of aromatic nitrogens is 3. The monoisotopic (exact) mass is 340 g/mol. The van der Waals surface area contributed by atoms with E-state index in [1.807, 2.05) is 0 Å². The van der Waals surface area contributed by atoms with E-state index in [-0.39, 0.29) is 24.3 Å². The van der Waals surface area contributed by atoms with E-state index in [9.17, 15) is 14.4 Å². The van der Waals surface area contributed by atoms with E-state index in [2.05, 4.69) is 20.5 Å². The summed E-state index contributed by atoms with van der Waals surface area (Å²) in [4.78, 5) is 44.9. The molecule has 9 heteroatoms. The molecule has 1 atom stereocenters. The summed E-state index contributed by atoms with van der Waals surface area (Å²) < 4.78 is 0. The van der Waals surface area contributed by atoms with E-state index in [0.717, 1.165) is 6.42 Å². The van der Waals surface area contributed by atoms with Gasteiger partial charge in [-0.1, -0.05) is 12.1 Å². The molecule has 0 aliphatic carbocycles. The van der Waals surface area contributed by atoms with Crippen molar-refractivity contribution in [2.75, 3.05) is 23.3 Å². The number of hydrogen-bond acceptors (Lipinski definition) is 5. The van der Waals surface area contributed by atoms with Crippen LogP contribution >= 0.6 is 0 Å². The van der Waals surface area contributed by atoms with Crippen molar-refractivity contribution in [1.82, 2.24) is 20.1 Å². The van der Waals surface area contributed by atoms with Crippen LogP contribution in [0.2, 0.25) is 0 Å². The number of rotatable bonds is 3. The summed E-state index contributed by atoms with van der Waals surface area (Å²) in [7, 11) is 0. The molecule has 25 heavy (non-hydrogen) atoms. The summed E-state index contributed by atoms with van der Waals surface area (Å²) in [5.74, 6) is -0.606. The van der Waals surface area contributed by atoms with Crippen molar-refractivity contribution in [2.24, 2.45) is 0 Å². The Morgan fingerprint density at radius 1 is 1.32 bits per heavy atom. The molecule has 1 aromatic carbocycles. The Bertz CT molecular complexity index is 834. The molecule has 1 unspecified atom stereocenters. The van der Waals surface area contributed by atoms with Crippen molar-refractivity contribution in [3.05, 3.63) is 36.2 Å². The van der Waals surface area contributed by atoms with E-state index < -0.39 is 11.9 Å². The third-order valence-corrected chi connectivity index (χ3v) is 4.46. The second kappa shape index (κ2) is 6.00. The lowest BCUT2D eigenvalue weighted by Gasteiger charge is -2.25. The van der Waals surface area contributed by atoms with Gasteiger partial charge < -0.3 is 9.80 Å². The summed E-state index contributed by atoms with van der Waals surface area (Å²) in [6, 6.07) is 6.36. The molecule has 1 saturated heterocycles. The van der Waals surface area contributed by atoms with Crippen LogP contribution in [0.1, 0.15) is 23.2 Å². The summed E-state index contributed by atoms with van der Waals surface area (Å²) in [5.41, 5.74) is 0.896. The first-order chi connectivity index (χ1) is 12.1. The average molecular weight is 340 g/mol. The number of nitrogens with zero attached hydrogens (tertiary/aromatic N) is 4. The molecular weight excluding hydrogens is 324 g/mol. The minimum atomic E-state index is -0.516. The number of fused-ring (bicyclic) bond motifs is 2. The summed E-state index contributed by atoms with van der Waals surface area (Å²) in [5, 5.41) is 8.74. The Labute approximate surface area is 143 Å². The number of benzene rings is 1. The van der Waals surface area contributed by atoms with Crippen molar-refractivity contribution < 1.29 is 14.4 Å². The molecule has 2 aliphatic heterocycles. The molecule has 9 nitrogen and oxygen atoms in total. The van der Waals surface area contributed by atoms with Gasteiger partial charge in [0.15, 0.2) is 0 Å². The number of hydrogen-bond donors (Lipinski definition) is 2. The molecule has 1 aromatic heterocycles. The molecule has 2 aromatic rings. The molecule has 1 fully saturated rings. The van der Waals surface area contributed by atoms with Gasteiger partial charge in [-0.2, -0.15) is 10.1 Å². The number of amides is 3. The molecular formula is C16H16N6O3. The van der Waals surface area contributed by atoms with Crippen LogP contribution in [0.15, 0.2) is 30.6 Å². The van der Waals surface area contributed by atoms with Crippen LogP contribution in [-0.4, -0.2) is 56.9 Å². The third kappa shape index (κ3) is 2.63. The first kappa shape index (κ1) is 15.3. The zero-order valence-electron chi connectivity index (χ0n) is 13.3. The molecule has 2 aliphatic rings. The Morgan fingerprint density at radius 3 is 2.96 bits per heavy atom. The molecule has 3 heterocycles. The van der Waals surface area contributed by atoms with Gasteiger partial charge in [0.25, 0.3) is 5.91 Å². The molecule has 0 bridgehead atoms. The SMILES string of the molecule is O=C(CN1C(=O)C2CCCN2C(=O)c2ccccc21)Nc1ncn[nH]1. The van der Waals surface area contributed by atoms with E-state index >= 15 is 0 Å². The van der Waals surface area contributed by atoms with Crippen molar-refractivity contribution in [3.63, 3.8) is 0 Å². The fourth-order valence-corrected chi connectivity index (χ4v) is 3.35. The Balaban J connectivity index is 1.67. The predicted molar refractivity (Wildman–Crippen MR) is 87.9 cm³/mol. The lowest BCUT2D eigenvalue weighted by Crippen LogP contribution is -2.47. The standard InChI is InChI=1S/C16H16N6O3/c23-13(19-16-17-9-18-20-16)8-22-11-5-2-1-4-10(11)14(24)21-7-3-6-12(21)15(22)25/h1-2,4-5,9,12H,3,6-8H2,(H2,17,18,19,20,23). The number of H-pyrrole nitrogens is 1. The molecule has 0 spiro atoms. The summed E-state index contributed by atoms with van der Waals surface area (Å²) in [6.07, 6.45) is 2.66. The van der Waals surface area contributed by atoms with Gasteiger partial charge in [0.2, 0.25) is 17.8 Å². The highest BCUT2D eigenvalue weighted by atomic mass is 16.2. The molecule has 2 N–H and O–H groups in total. The number of aromatic amines is 1. The largest absolute Gasteiger partial charge is 0.327 e. The number of carbonyl (C=O) groups excluding carboxylic acids is 3. The van der Waals surface area contributed by atoms with Crippen molar-refractivity contribution in [1.29, 1.82) is 0 Å². The first-order valence-electron chi connectivity index (χ1n) is 8.02. The van der Waals surface area contributed by atoms with Crippen molar-refractivity contribution in [3.8, 4) is 0 Å². The minimum Gasteiger partial charge on any atom is -0.327 e. The summed E-state index contributed by atoms with van der Waals surface area (Å²) in [6.45, 7) is 0.357. The lowest BCUT2D eigenvalue weighted by molar-refractivity contribution is -0.124. The van der Waals surface area contributed by atoms with Gasteiger partial charge in [0.1, 0.15) is 18.9 Å². The highest BCUT2D eigenvalue weighted by molar-refractivity contribution is 6.13. The normalized spacial score (nSPS) is 19.4. The maximum atomic E-state index is 13.0. The highest BCUT2D eigenvalue weighted by Gasteiger charge is 2.42. The highest BCUT2D eigenvalue weighted by Crippen LogP contribution is 2.32. The maximum Gasteiger partial charge on any atom is 0.256 e. The number of para-hydroxylation sites is 1. The quantitative estimate of drug-likeness (QED) is 0.840. The fourth-order valence-electron chi connectivity index (χ4n) is 3.35. The van der Waals surface area contributed by atoms with Gasteiger partial charge in [0.05, 0.1) is 11.3 Å². The average Bonchev–Trinajstić information content (AvgIpc) is 3.28. The molecule has 0 saturated carbocycles. The molecule has 128 valence electrons. The van der Waals surface area contributed by atoms with Crippen molar-refractivity contribution >= 4 is 29.4 Å². The number of carbonyl (C=O) groups is 3. The van der Waals surface area contributed by atoms with Gasteiger partial charge in [-0.3, -0.25) is 19.7 Å². The molecule has 4 rings (SSSR count). The second-order valence-electron chi connectivity index (χ2n) is 5.98. The molecule has 3 amide bonds. The minimum absolute atomic E-state index is 0.162. The van der Waals surface area contributed by atoms with Crippen LogP contribution in [0.5, 0.6) is 0 Å². The second-order valence-corrected chi connectivity index (χ2v) is 5.98. The smallest absolute Gasteiger partial charge is 0.256 e. The Kier molecular flexibility index (Phi) is 3.68. The number of anilines is 2. The Hall–Kier alpha value is -3.23. The lowest BCUT2D eigenvalue weighted by atomic mass is 10.1. The fraction of sp³-hybridized carbons (Fsp3) is 0.312. The molecule has 0 radical (unpaired) electrons. The first-order valence-corrected chi connectivity index (χ1v) is 8.02. The van der Waals surface area contributed by atoms with Crippen LogP contribution in [-0.2, 0) is 9.59 Å². The number of nitrogens with one attached hydrogen (secondary N) is 2. The zero-order valence-corrected chi connectivity index (χ0v) is 13.3. The van der Waals surface area contributed by atoms with Gasteiger partial charge in [-0.25, -0.2) is 5.10 Å². The third-order valence-electron chi connectivity index (χ3n) is 4.46. The topological polar surface area (TPSA) is 111 Å². The van der Waals surface area contributed by atoms with Crippen LogP contribution in [0.4, 0.5) is 11.6 Å². The van der Waals surface area contributed by atoms with Gasteiger partial charge >= 0.3 is 0 Å². The van der Waals surface area contributed by atoms with Crippen LogP contribution < -0.4 is 10.2 Å². The summed E-state index contributed by atoms with van der Waals surface area (Å²) >= 11 is 0. The van der Waals surface area contributed by atoms with Crippen LogP contribution in [0, 0.1) is 0 Å². The Morgan fingerprint density at radius 2 is 2.16 bits per heavy atom. The van der Waals surface area contributed by atoms with Crippen LogP contribution in [0.25, 0.3) is 0 Å². The van der Waals surface area contributed by atoms with E-state index in [0.29, 0.717) is 24.2 Å². The predicted octanol–water partition coefficient (Wildman–Crippen LogP) is 0.395. The van der Waals surface area contributed by atoms with Gasteiger partial charge in [-0.15, -0.1) is 0 Å².